The van der Waals surface area contributed by atoms with Gasteiger partial charge in [0.05, 0.1) is 6.61 Å². The second kappa shape index (κ2) is 6.04. The van der Waals surface area contributed by atoms with Crippen LogP contribution in [0.3, 0.4) is 0 Å². The first-order valence-electron chi connectivity index (χ1n) is 7.50. The molecular weight excluding hydrogens is 273 g/mol. The van der Waals surface area contributed by atoms with Crippen LogP contribution in [0.15, 0.2) is 29.2 Å². The van der Waals surface area contributed by atoms with Crippen LogP contribution < -0.4 is 5.32 Å². The van der Waals surface area contributed by atoms with E-state index < -0.39 is 0 Å². The van der Waals surface area contributed by atoms with Gasteiger partial charge in [0.2, 0.25) is 0 Å². The molecule has 0 aromatic heterocycles. The lowest BCUT2D eigenvalue weighted by atomic mass is 9.82. The average molecular weight is 295 g/mol. The Morgan fingerprint density at radius 1 is 1.35 bits per heavy atom. The van der Waals surface area contributed by atoms with Gasteiger partial charge in [-0.05, 0) is 50.3 Å². The summed E-state index contributed by atoms with van der Waals surface area (Å²) in [6.45, 7) is 0.212. The number of aliphatic hydroxyl groups excluding tert-OH is 1. The first-order valence-corrected chi connectivity index (χ1v) is 8.38. The zero-order valence-electron chi connectivity index (χ0n) is 11.6. The van der Waals surface area contributed by atoms with Gasteiger partial charge < -0.3 is 10.4 Å². The maximum absolute atomic E-state index is 13.3. The van der Waals surface area contributed by atoms with E-state index in [1.165, 1.54) is 18.9 Å². The van der Waals surface area contributed by atoms with Gasteiger partial charge in [-0.25, -0.2) is 4.39 Å². The molecule has 20 heavy (non-hydrogen) atoms. The maximum atomic E-state index is 13.3. The van der Waals surface area contributed by atoms with E-state index in [1.54, 1.807) is 23.9 Å². The summed E-state index contributed by atoms with van der Waals surface area (Å²) in [7, 11) is 0. The van der Waals surface area contributed by atoms with E-state index in [-0.39, 0.29) is 18.0 Å². The van der Waals surface area contributed by atoms with Gasteiger partial charge in [0.1, 0.15) is 5.82 Å². The third-order valence-corrected chi connectivity index (χ3v) is 5.55. The van der Waals surface area contributed by atoms with Gasteiger partial charge in [0.15, 0.2) is 0 Å². The fourth-order valence-electron chi connectivity index (χ4n) is 3.12. The molecule has 2 aliphatic rings. The zero-order valence-corrected chi connectivity index (χ0v) is 12.5. The highest BCUT2D eigenvalue weighted by atomic mass is 32.2. The Labute approximate surface area is 124 Å². The van der Waals surface area contributed by atoms with Crippen LogP contribution in [0.2, 0.25) is 0 Å². The second-order valence-electron chi connectivity index (χ2n) is 6.15. The molecule has 1 aromatic rings. The van der Waals surface area contributed by atoms with Crippen LogP contribution in [-0.2, 0) is 0 Å². The highest BCUT2D eigenvalue weighted by Crippen LogP contribution is 2.39. The number of hydrogen-bond donors (Lipinski definition) is 2. The molecule has 0 spiro atoms. The third kappa shape index (κ3) is 3.54. The topological polar surface area (TPSA) is 32.3 Å². The summed E-state index contributed by atoms with van der Waals surface area (Å²) < 4.78 is 13.3. The predicted octanol–water partition coefficient (Wildman–Crippen LogP) is 3.34. The summed E-state index contributed by atoms with van der Waals surface area (Å²) in [5.74, 6) is -0.171. The molecule has 2 N–H and O–H groups in total. The highest BCUT2D eigenvalue weighted by molar-refractivity contribution is 8.00. The minimum atomic E-state index is -0.171. The Hall–Kier alpha value is -0.580. The zero-order chi connectivity index (χ0) is 14.0. The van der Waals surface area contributed by atoms with Crippen LogP contribution in [0.4, 0.5) is 4.39 Å². The molecule has 0 bridgehead atoms. The van der Waals surface area contributed by atoms with Crippen molar-refractivity contribution in [1.82, 2.24) is 5.32 Å². The Morgan fingerprint density at radius 3 is 2.90 bits per heavy atom. The molecule has 0 saturated heterocycles. The number of thioether (sulfide) groups is 1. The molecule has 0 radical (unpaired) electrons. The lowest BCUT2D eigenvalue weighted by molar-refractivity contribution is 0.122. The minimum Gasteiger partial charge on any atom is -0.394 e. The van der Waals surface area contributed by atoms with Gasteiger partial charge >= 0.3 is 0 Å². The van der Waals surface area contributed by atoms with Gasteiger partial charge in [0.25, 0.3) is 0 Å². The molecule has 0 heterocycles. The molecular formula is C16H22FNOS. The lowest BCUT2D eigenvalue weighted by Crippen LogP contribution is -2.53. The largest absolute Gasteiger partial charge is 0.394 e. The van der Waals surface area contributed by atoms with Crippen molar-refractivity contribution in [2.24, 2.45) is 0 Å². The fourth-order valence-corrected chi connectivity index (χ4v) is 4.53. The Bertz CT molecular complexity index is 466. The summed E-state index contributed by atoms with van der Waals surface area (Å²) in [6, 6.07) is 7.44. The Balaban J connectivity index is 1.64. The van der Waals surface area contributed by atoms with E-state index in [0.29, 0.717) is 11.3 Å². The fraction of sp³-hybridized carbons (Fsp3) is 0.625. The number of aliphatic hydroxyl groups is 1. The van der Waals surface area contributed by atoms with E-state index in [1.807, 2.05) is 6.07 Å². The standard InChI is InChI=1S/C16H22FNOS/c17-12-3-1-4-14(9-12)20-15-5-2-8-16(10-15,11-19)18-13-6-7-13/h1,3-4,9,13,15,18-19H,2,5-8,10-11H2. The van der Waals surface area contributed by atoms with Gasteiger partial charge in [-0.3, -0.25) is 0 Å². The molecule has 2 unspecified atom stereocenters. The van der Waals surface area contributed by atoms with E-state index in [2.05, 4.69) is 5.32 Å². The van der Waals surface area contributed by atoms with E-state index in [4.69, 9.17) is 0 Å². The van der Waals surface area contributed by atoms with E-state index in [0.717, 1.165) is 30.6 Å². The van der Waals surface area contributed by atoms with Crippen LogP contribution in [0.1, 0.15) is 38.5 Å². The van der Waals surface area contributed by atoms with Crippen molar-refractivity contribution in [3.63, 3.8) is 0 Å². The van der Waals surface area contributed by atoms with Gasteiger partial charge in [-0.15, -0.1) is 11.8 Å². The number of hydrogen-bond acceptors (Lipinski definition) is 3. The molecule has 2 atom stereocenters. The van der Waals surface area contributed by atoms with Crippen molar-refractivity contribution in [2.75, 3.05) is 6.61 Å². The van der Waals surface area contributed by atoms with Crippen LogP contribution in [0.5, 0.6) is 0 Å². The lowest BCUT2D eigenvalue weighted by Gasteiger charge is -2.40. The van der Waals surface area contributed by atoms with Gasteiger partial charge in [0, 0.05) is 21.7 Å². The molecule has 0 aliphatic heterocycles. The summed E-state index contributed by atoms with van der Waals surface area (Å²) in [5.41, 5.74) is -0.107. The summed E-state index contributed by atoms with van der Waals surface area (Å²) in [6.07, 6.45) is 6.79. The van der Waals surface area contributed by atoms with E-state index >= 15 is 0 Å². The van der Waals surface area contributed by atoms with E-state index in [9.17, 15) is 9.50 Å². The van der Waals surface area contributed by atoms with Crippen LogP contribution in [0, 0.1) is 5.82 Å². The molecule has 2 aliphatic carbocycles. The normalized spacial score (nSPS) is 30.4. The smallest absolute Gasteiger partial charge is 0.124 e. The summed E-state index contributed by atoms with van der Waals surface area (Å²) in [5, 5.41) is 13.9. The predicted molar refractivity (Wildman–Crippen MR) is 80.5 cm³/mol. The van der Waals surface area contributed by atoms with Crippen molar-refractivity contribution in [3.05, 3.63) is 30.1 Å². The van der Waals surface area contributed by atoms with Gasteiger partial charge in [-0.2, -0.15) is 0 Å². The Morgan fingerprint density at radius 2 is 2.20 bits per heavy atom. The van der Waals surface area contributed by atoms with Crippen molar-refractivity contribution >= 4 is 11.8 Å². The molecule has 110 valence electrons. The second-order valence-corrected chi connectivity index (χ2v) is 7.52. The number of nitrogens with one attached hydrogen (secondary N) is 1. The SMILES string of the molecule is OCC1(NC2CC2)CCCC(Sc2cccc(F)c2)C1. The third-order valence-electron chi connectivity index (χ3n) is 4.29. The first-order chi connectivity index (χ1) is 9.69. The minimum absolute atomic E-state index is 0.107. The van der Waals surface area contributed by atoms with Crippen molar-refractivity contribution in [2.45, 2.75) is 60.3 Å². The van der Waals surface area contributed by atoms with Crippen molar-refractivity contribution in [3.8, 4) is 0 Å². The van der Waals surface area contributed by atoms with Crippen LogP contribution in [0.25, 0.3) is 0 Å². The molecule has 1 aromatic carbocycles. The summed E-state index contributed by atoms with van der Waals surface area (Å²) >= 11 is 1.75. The average Bonchev–Trinajstić information content (AvgIpc) is 3.23. The van der Waals surface area contributed by atoms with Crippen molar-refractivity contribution in [1.29, 1.82) is 0 Å². The number of benzene rings is 1. The molecule has 2 fully saturated rings. The molecule has 2 saturated carbocycles. The molecule has 4 heteroatoms. The maximum Gasteiger partial charge on any atom is 0.124 e. The molecule has 2 nitrogen and oxygen atoms in total. The molecule has 3 rings (SSSR count). The monoisotopic (exact) mass is 295 g/mol. The number of halogens is 1. The molecule has 0 amide bonds. The Kier molecular flexibility index (Phi) is 4.34. The quantitative estimate of drug-likeness (QED) is 0.874. The van der Waals surface area contributed by atoms with Gasteiger partial charge in [-0.1, -0.05) is 12.5 Å². The summed E-state index contributed by atoms with van der Waals surface area (Å²) in [4.78, 5) is 0.996. The number of rotatable bonds is 5. The van der Waals surface area contributed by atoms with Crippen LogP contribution in [-0.4, -0.2) is 28.5 Å². The van der Waals surface area contributed by atoms with Crippen LogP contribution >= 0.6 is 11.8 Å². The highest BCUT2D eigenvalue weighted by Gasteiger charge is 2.39. The first kappa shape index (κ1) is 14.4. The van der Waals surface area contributed by atoms with Crippen molar-refractivity contribution < 1.29 is 9.50 Å².